The molecule has 0 aromatic heterocycles. The molecular weight excluding hydrogens is 384 g/mol. The number of aliphatic carboxylic acids is 1. The van der Waals surface area contributed by atoms with Crippen LogP contribution in [0, 0.1) is 5.92 Å². The van der Waals surface area contributed by atoms with E-state index in [0.717, 1.165) is 31.2 Å². The average molecular weight is 417 g/mol. The maximum atomic E-state index is 13.3. The molecule has 2 fully saturated rings. The van der Waals surface area contributed by atoms with Crippen molar-refractivity contribution in [2.24, 2.45) is 5.92 Å². The largest absolute Gasteiger partial charge is 0.480 e. The standard InChI is InChI=1S/C23H32N2O5/c1-2-30-23(29)19(13-11-16-7-4-3-5-8-16)24-18-14-12-17-9-6-10-20(17)25(22(18)28)15-21(26)27/h3-5,7-8,17-20,24H,2,6,9-15H2,1H3,(H,26,27)/t17-,18+,19+,20-/m1/s1. The summed E-state index contributed by atoms with van der Waals surface area (Å²) in [6, 6.07) is 8.69. The summed E-state index contributed by atoms with van der Waals surface area (Å²) in [7, 11) is 0. The van der Waals surface area contributed by atoms with Crippen LogP contribution in [0.25, 0.3) is 0 Å². The molecule has 2 N–H and O–H groups in total. The van der Waals surface area contributed by atoms with Crippen LogP contribution >= 0.6 is 0 Å². The molecule has 1 saturated heterocycles. The maximum absolute atomic E-state index is 13.3. The molecular formula is C23H32N2O5. The lowest BCUT2D eigenvalue weighted by atomic mass is 9.97. The summed E-state index contributed by atoms with van der Waals surface area (Å²) in [6.45, 7) is 1.75. The minimum Gasteiger partial charge on any atom is -0.480 e. The van der Waals surface area contributed by atoms with Crippen molar-refractivity contribution >= 4 is 17.8 Å². The highest BCUT2D eigenvalue weighted by Crippen LogP contribution is 2.36. The fourth-order valence-corrected chi connectivity index (χ4v) is 4.84. The van der Waals surface area contributed by atoms with Crippen LogP contribution in [0.4, 0.5) is 0 Å². The summed E-state index contributed by atoms with van der Waals surface area (Å²) in [5.41, 5.74) is 1.11. The van der Waals surface area contributed by atoms with Crippen LogP contribution in [0.3, 0.4) is 0 Å². The summed E-state index contributed by atoms with van der Waals surface area (Å²) >= 11 is 0. The number of likely N-dealkylation sites (tertiary alicyclic amines) is 1. The number of amides is 1. The Kier molecular flexibility index (Phi) is 7.85. The number of carboxylic acids is 1. The SMILES string of the molecule is CCOC(=O)[C@H](CCc1ccccc1)N[C@H]1CC[C@H]2CCC[C@H]2N(CC(=O)O)C1=O. The van der Waals surface area contributed by atoms with E-state index in [-0.39, 0.29) is 31.1 Å². The third kappa shape index (κ3) is 5.59. The van der Waals surface area contributed by atoms with E-state index < -0.39 is 18.1 Å². The minimum absolute atomic E-state index is 0.00855. The Labute approximate surface area is 177 Å². The van der Waals surface area contributed by atoms with Crippen LogP contribution in [-0.2, 0) is 25.5 Å². The Morgan fingerprint density at radius 3 is 2.67 bits per heavy atom. The van der Waals surface area contributed by atoms with Gasteiger partial charge in [0.2, 0.25) is 5.91 Å². The fraction of sp³-hybridized carbons (Fsp3) is 0.609. The molecule has 3 rings (SSSR count). The van der Waals surface area contributed by atoms with Crippen molar-refractivity contribution in [3.8, 4) is 0 Å². The molecule has 1 aromatic rings. The zero-order chi connectivity index (χ0) is 21.5. The molecule has 0 spiro atoms. The summed E-state index contributed by atoms with van der Waals surface area (Å²) in [5.74, 6) is -1.23. The lowest BCUT2D eigenvalue weighted by Crippen LogP contribution is -2.54. The van der Waals surface area contributed by atoms with Crippen LogP contribution < -0.4 is 5.32 Å². The van der Waals surface area contributed by atoms with Gasteiger partial charge in [0.15, 0.2) is 0 Å². The summed E-state index contributed by atoms with van der Waals surface area (Å²) in [5, 5.41) is 12.6. The Morgan fingerprint density at radius 2 is 1.97 bits per heavy atom. The number of carbonyl (C=O) groups excluding carboxylic acids is 2. The summed E-state index contributed by atoms with van der Waals surface area (Å²) in [6.07, 6.45) is 5.57. The molecule has 1 heterocycles. The number of carbonyl (C=O) groups is 3. The lowest BCUT2D eigenvalue weighted by Gasteiger charge is -2.31. The van der Waals surface area contributed by atoms with Gasteiger partial charge in [-0.1, -0.05) is 36.8 Å². The lowest BCUT2D eigenvalue weighted by molar-refractivity contribution is -0.149. The Balaban J connectivity index is 1.73. The van der Waals surface area contributed by atoms with E-state index in [1.807, 2.05) is 30.3 Å². The van der Waals surface area contributed by atoms with Gasteiger partial charge in [-0.05, 0) is 56.9 Å². The predicted molar refractivity (Wildman–Crippen MR) is 112 cm³/mol. The van der Waals surface area contributed by atoms with E-state index >= 15 is 0 Å². The third-order valence-electron chi connectivity index (χ3n) is 6.27. The Hall–Kier alpha value is -2.41. The molecule has 7 nitrogen and oxygen atoms in total. The minimum atomic E-state index is -0.999. The second-order valence-corrected chi connectivity index (χ2v) is 8.24. The molecule has 0 unspecified atom stereocenters. The van der Waals surface area contributed by atoms with Gasteiger partial charge >= 0.3 is 11.9 Å². The molecule has 1 amide bonds. The molecule has 164 valence electrons. The first-order valence-corrected chi connectivity index (χ1v) is 11.0. The van der Waals surface area contributed by atoms with E-state index in [0.29, 0.717) is 25.2 Å². The first kappa shape index (κ1) is 22.3. The van der Waals surface area contributed by atoms with Crippen molar-refractivity contribution in [1.29, 1.82) is 0 Å². The average Bonchev–Trinajstić information content (AvgIpc) is 3.16. The molecule has 7 heteroatoms. The number of nitrogens with one attached hydrogen (secondary N) is 1. The van der Waals surface area contributed by atoms with Crippen molar-refractivity contribution in [3.05, 3.63) is 35.9 Å². The first-order chi connectivity index (χ1) is 14.5. The number of fused-ring (bicyclic) bond motifs is 1. The number of hydrogen-bond donors (Lipinski definition) is 2. The highest BCUT2D eigenvalue weighted by atomic mass is 16.5. The molecule has 0 radical (unpaired) electrons. The first-order valence-electron chi connectivity index (χ1n) is 11.0. The number of hydrogen-bond acceptors (Lipinski definition) is 5. The van der Waals surface area contributed by atoms with Gasteiger partial charge in [-0.2, -0.15) is 0 Å². The van der Waals surface area contributed by atoms with Gasteiger partial charge in [-0.25, -0.2) is 0 Å². The molecule has 1 saturated carbocycles. The van der Waals surface area contributed by atoms with Gasteiger partial charge in [0.05, 0.1) is 12.6 Å². The van der Waals surface area contributed by atoms with Crippen LogP contribution in [0.5, 0.6) is 0 Å². The van der Waals surface area contributed by atoms with Crippen molar-refractivity contribution in [2.75, 3.05) is 13.2 Å². The van der Waals surface area contributed by atoms with E-state index in [2.05, 4.69) is 5.32 Å². The maximum Gasteiger partial charge on any atom is 0.323 e. The van der Waals surface area contributed by atoms with E-state index in [1.54, 1.807) is 6.92 Å². The second-order valence-electron chi connectivity index (χ2n) is 8.24. The normalized spacial score (nSPS) is 24.8. The van der Waals surface area contributed by atoms with Gasteiger partial charge < -0.3 is 14.7 Å². The highest BCUT2D eigenvalue weighted by Gasteiger charge is 2.42. The second kappa shape index (κ2) is 10.6. The van der Waals surface area contributed by atoms with Crippen LogP contribution in [-0.4, -0.2) is 59.1 Å². The van der Waals surface area contributed by atoms with Gasteiger partial charge in [0, 0.05) is 6.04 Å². The number of rotatable bonds is 9. The summed E-state index contributed by atoms with van der Waals surface area (Å²) in [4.78, 5) is 38.8. The highest BCUT2D eigenvalue weighted by molar-refractivity contribution is 5.87. The van der Waals surface area contributed by atoms with Crippen molar-refractivity contribution in [2.45, 2.75) is 70.0 Å². The molecule has 1 aromatic carbocycles. The zero-order valence-corrected chi connectivity index (χ0v) is 17.6. The number of carboxylic acid groups (broad SMARTS) is 1. The third-order valence-corrected chi connectivity index (χ3v) is 6.27. The molecule has 4 atom stereocenters. The number of nitrogens with zero attached hydrogens (tertiary/aromatic N) is 1. The monoisotopic (exact) mass is 416 g/mol. The fourth-order valence-electron chi connectivity index (χ4n) is 4.84. The molecule has 1 aliphatic carbocycles. The Morgan fingerprint density at radius 1 is 1.20 bits per heavy atom. The van der Waals surface area contributed by atoms with Crippen molar-refractivity contribution in [1.82, 2.24) is 10.2 Å². The molecule has 2 aliphatic rings. The van der Waals surface area contributed by atoms with Crippen LogP contribution in [0.15, 0.2) is 30.3 Å². The number of ether oxygens (including phenoxy) is 1. The van der Waals surface area contributed by atoms with Crippen LogP contribution in [0.1, 0.15) is 51.0 Å². The van der Waals surface area contributed by atoms with Gasteiger partial charge in [0.1, 0.15) is 12.6 Å². The number of esters is 1. The smallest absolute Gasteiger partial charge is 0.323 e. The van der Waals surface area contributed by atoms with E-state index in [1.165, 1.54) is 4.90 Å². The van der Waals surface area contributed by atoms with Crippen LogP contribution in [0.2, 0.25) is 0 Å². The van der Waals surface area contributed by atoms with E-state index in [4.69, 9.17) is 4.74 Å². The quantitative estimate of drug-likeness (QED) is 0.600. The van der Waals surface area contributed by atoms with Crippen molar-refractivity contribution < 1.29 is 24.2 Å². The van der Waals surface area contributed by atoms with Gasteiger partial charge in [-0.15, -0.1) is 0 Å². The van der Waals surface area contributed by atoms with Gasteiger partial charge in [0.25, 0.3) is 0 Å². The van der Waals surface area contributed by atoms with Crippen molar-refractivity contribution in [3.63, 3.8) is 0 Å². The molecule has 0 bridgehead atoms. The number of aryl methyl sites for hydroxylation is 1. The predicted octanol–water partition coefficient (Wildman–Crippen LogP) is 2.38. The topological polar surface area (TPSA) is 95.9 Å². The zero-order valence-electron chi connectivity index (χ0n) is 17.6. The summed E-state index contributed by atoms with van der Waals surface area (Å²) < 4.78 is 5.25. The molecule has 30 heavy (non-hydrogen) atoms. The number of benzene rings is 1. The van der Waals surface area contributed by atoms with Gasteiger partial charge in [-0.3, -0.25) is 19.7 Å². The molecule has 1 aliphatic heterocycles. The van der Waals surface area contributed by atoms with E-state index in [9.17, 15) is 19.5 Å². The Bertz CT molecular complexity index is 738.